The van der Waals surface area contributed by atoms with E-state index in [4.69, 9.17) is 9.97 Å². The topological polar surface area (TPSA) is 25.8 Å². The number of fused-ring (bicyclic) bond motifs is 6. The molecule has 51 heavy (non-hydrogen) atoms. The fourth-order valence-corrected chi connectivity index (χ4v) is 8.53. The molecule has 3 heteroatoms. The van der Waals surface area contributed by atoms with Crippen LogP contribution >= 0.6 is 11.3 Å². The van der Waals surface area contributed by atoms with E-state index >= 15 is 0 Å². The third kappa shape index (κ3) is 5.27. The molecule has 0 unspecified atom stereocenters. The first-order chi connectivity index (χ1) is 25.2. The molecule has 0 radical (unpaired) electrons. The minimum Gasteiger partial charge on any atom is -0.228 e. The highest BCUT2D eigenvalue weighted by atomic mass is 32.1. The fraction of sp³-hybridized carbons (Fsp3) is 0. The summed E-state index contributed by atoms with van der Waals surface area (Å²) in [4.78, 5) is 9.96. The van der Waals surface area contributed by atoms with Gasteiger partial charge in [0.05, 0.1) is 11.4 Å². The van der Waals surface area contributed by atoms with Crippen LogP contribution < -0.4 is 0 Å². The van der Waals surface area contributed by atoms with Crippen LogP contribution in [-0.2, 0) is 0 Å². The maximum absolute atomic E-state index is 5.01. The van der Waals surface area contributed by atoms with Gasteiger partial charge in [-0.25, -0.2) is 9.97 Å². The lowest BCUT2D eigenvalue weighted by Gasteiger charge is -2.11. The third-order valence-corrected chi connectivity index (χ3v) is 11.1. The monoisotopic (exact) mass is 666 g/mol. The van der Waals surface area contributed by atoms with Crippen molar-refractivity contribution in [1.82, 2.24) is 9.97 Å². The Hall–Kier alpha value is -6.42. The predicted octanol–water partition coefficient (Wildman–Crippen LogP) is 13.5. The van der Waals surface area contributed by atoms with Crippen molar-refractivity contribution in [3.8, 4) is 56.2 Å². The Morgan fingerprint density at radius 1 is 0.333 bits per heavy atom. The summed E-state index contributed by atoms with van der Waals surface area (Å²) < 4.78 is 2.68. The summed E-state index contributed by atoms with van der Waals surface area (Å²) in [5.74, 6) is 0.724. The van der Waals surface area contributed by atoms with Crippen LogP contribution in [0, 0.1) is 0 Å². The highest BCUT2D eigenvalue weighted by Gasteiger charge is 2.13. The van der Waals surface area contributed by atoms with E-state index in [1.165, 1.54) is 64.0 Å². The molecule has 2 heterocycles. The summed E-state index contributed by atoms with van der Waals surface area (Å²) in [5.41, 5.74) is 9.87. The molecule has 238 valence electrons. The van der Waals surface area contributed by atoms with Gasteiger partial charge in [-0.15, -0.1) is 11.3 Å². The van der Waals surface area contributed by atoms with E-state index in [0.29, 0.717) is 0 Å². The lowest BCUT2D eigenvalue weighted by atomic mass is 9.94. The van der Waals surface area contributed by atoms with Gasteiger partial charge < -0.3 is 0 Å². The number of benzene rings is 8. The maximum Gasteiger partial charge on any atom is 0.160 e. The van der Waals surface area contributed by atoms with Gasteiger partial charge in [0.15, 0.2) is 5.82 Å². The number of hydrogen-bond acceptors (Lipinski definition) is 3. The van der Waals surface area contributed by atoms with E-state index in [1.807, 2.05) is 47.7 Å². The Bertz CT molecular complexity index is 2830. The van der Waals surface area contributed by atoms with Crippen LogP contribution in [0.1, 0.15) is 0 Å². The van der Waals surface area contributed by atoms with Crippen molar-refractivity contribution in [3.63, 3.8) is 0 Å². The first kappa shape index (κ1) is 29.5. The second-order valence-electron chi connectivity index (χ2n) is 13.0. The summed E-state index contributed by atoms with van der Waals surface area (Å²) in [6, 6.07) is 65.0. The number of rotatable bonds is 5. The highest BCUT2D eigenvalue weighted by molar-refractivity contribution is 7.26. The molecule has 0 saturated carbocycles. The average Bonchev–Trinajstić information content (AvgIpc) is 3.60. The molecule has 8 aromatic carbocycles. The summed E-state index contributed by atoms with van der Waals surface area (Å²) in [6.07, 6.45) is 0. The summed E-state index contributed by atoms with van der Waals surface area (Å²) in [5, 5.41) is 7.69. The van der Waals surface area contributed by atoms with Crippen LogP contribution in [0.4, 0.5) is 0 Å². The average molecular weight is 667 g/mol. The molecule has 10 rings (SSSR count). The number of thiophene rings is 1. The second kappa shape index (κ2) is 12.2. The lowest BCUT2D eigenvalue weighted by Crippen LogP contribution is -1.95. The van der Waals surface area contributed by atoms with E-state index in [2.05, 4.69) is 146 Å². The zero-order valence-corrected chi connectivity index (χ0v) is 28.4. The van der Waals surface area contributed by atoms with Crippen molar-refractivity contribution >= 4 is 53.1 Å². The largest absolute Gasteiger partial charge is 0.228 e. The Morgan fingerprint density at radius 2 is 0.882 bits per heavy atom. The molecule has 0 fully saturated rings. The van der Waals surface area contributed by atoms with Crippen LogP contribution in [-0.4, -0.2) is 9.97 Å². The van der Waals surface area contributed by atoms with Crippen molar-refractivity contribution in [1.29, 1.82) is 0 Å². The molecule has 0 aliphatic rings. The molecular weight excluding hydrogens is 637 g/mol. The van der Waals surface area contributed by atoms with E-state index < -0.39 is 0 Å². The van der Waals surface area contributed by atoms with Crippen molar-refractivity contribution in [3.05, 3.63) is 182 Å². The van der Waals surface area contributed by atoms with Gasteiger partial charge in [0, 0.05) is 36.9 Å². The Labute approximate surface area is 300 Å². The third-order valence-electron chi connectivity index (χ3n) is 9.89. The van der Waals surface area contributed by atoms with Crippen LogP contribution in [0.25, 0.3) is 97.9 Å². The van der Waals surface area contributed by atoms with Gasteiger partial charge in [-0.05, 0) is 68.1 Å². The quantitative estimate of drug-likeness (QED) is 0.171. The first-order valence-corrected chi connectivity index (χ1v) is 18.0. The fourth-order valence-electron chi connectivity index (χ4n) is 7.29. The molecule has 10 aromatic rings. The Balaban J connectivity index is 0.988. The number of nitrogens with zero attached hydrogens (tertiary/aromatic N) is 2. The van der Waals surface area contributed by atoms with E-state index in [0.717, 1.165) is 33.9 Å². The first-order valence-electron chi connectivity index (χ1n) is 17.2. The van der Waals surface area contributed by atoms with Crippen molar-refractivity contribution in [2.75, 3.05) is 0 Å². The van der Waals surface area contributed by atoms with Crippen LogP contribution in [0.3, 0.4) is 0 Å². The predicted molar refractivity (Wildman–Crippen MR) is 217 cm³/mol. The molecule has 0 spiro atoms. The van der Waals surface area contributed by atoms with Crippen LogP contribution in [0.2, 0.25) is 0 Å². The second-order valence-corrected chi connectivity index (χ2v) is 14.0. The normalized spacial score (nSPS) is 11.5. The minimum absolute atomic E-state index is 0.724. The zero-order valence-electron chi connectivity index (χ0n) is 27.6. The zero-order chi connectivity index (χ0) is 33.7. The van der Waals surface area contributed by atoms with Crippen molar-refractivity contribution in [2.45, 2.75) is 0 Å². The smallest absolute Gasteiger partial charge is 0.160 e. The molecule has 2 nitrogen and oxygen atoms in total. The van der Waals surface area contributed by atoms with E-state index in [1.54, 1.807) is 0 Å². The van der Waals surface area contributed by atoms with Gasteiger partial charge in [0.1, 0.15) is 0 Å². The van der Waals surface area contributed by atoms with Crippen molar-refractivity contribution in [2.24, 2.45) is 0 Å². The molecule has 0 amide bonds. The Kier molecular flexibility index (Phi) is 7.04. The summed E-state index contributed by atoms with van der Waals surface area (Å²) >= 11 is 1.88. The molecule has 0 atom stereocenters. The number of aromatic nitrogens is 2. The maximum atomic E-state index is 5.01. The lowest BCUT2D eigenvalue weighted by molar-refractivity contribution is 1.18. The van der Waals surface area contributed by atoms with Crippen LogP contribution in [0.5, 0.6) is 0 Å². The molecule has 0 N–H and O–H groups in total. The van der Waals surface area contributed by atoms with E-state index in [-0.39, 0.29) is 0 Å². The van der Waals surface area contributed by atoms with Gasteiger partial charge in [-0.3, -0.25) is 0 Å². The van der Waals surface area contributed by atoms with Gasteiger partial charge in [-0.1, -0.05) is 158 Å². The number of hydrogen-bond donors (Lipinski definition) is 0. The molecule has 2 aromatic heterocycles. The highest BCUT2D eigenvalue weighted by Crippen LogP contribution is 2.41. The van der Waals surface area contributed by atoms with Gasteiger partial charge in [0.2, 0.25) is 0 Å². The summed E-state index contributed by atoms with van der Waals surface area (Å²) in [6.45, 7) is 0. The van der Waals surface area contributed by atoms with E-state index in [9.17, 15) is 0 Å². The summed E-state index contributed by atoms with van der Waals surface area (Å²) in [7, 11) is 0. The van der Waals surface area contributed by atoms with Gasteiger partial charge in [0.25, 0.3) is 0 Å². The van der Waals surface area contributed by atoms with Crippen LogP contribution in [0.15, 0.2) is 182 Å². The molecule has 0 aliphatic heterocycles. The Morgan fingerprint density at radius 3 is 1.61 bits per heavy atom. The van der Waals surface area contributed by atoms with Gasteiger partial charge in [-0.2, -0.15) is 0 Å². The van der Waals surface area contributed by atoms with Gasteiger partial charge >= 0.3 is 0 Å². The van der Waals surface area contributed by atoms with Crippen molar-refractivity contribution < 1.29 is 0 Å². The molecule has 0 aliphatic carbocycles. The molecule has 0 bridgehead atoms. The SMILES string of the molecule is c1ccc(-c2cc(-c3ccc(-c4ccc5c(ccc6cc(-c7cccc8c7sc7ccccc78)ccc65)c4)cc3)nc(-c3ccccc3)n2)cc1. The standard InChI is InChI=1S/C48H30N2S/c1-3-10-32(11-4-1)44-30-45(50-48(49-44)34-12-5-2-6-13-34)33-20-18-31(19-21-33)35-24-26-39-36(28-35)22-23-37-29-38(25-27-40(37)39)41-15-9-16-43-42-14-7-8-17-46(42)51-47(41)43/h1-30H. The molecular formula is C48H30N2S. The minimum atomic E-state index is 0.724. The molecule has 0 saturated heterocycles.